The third-order valence-corrected chi connectivity index (χ3v) is 2.51. The van der Waals surface area contributed by atoms with Gasteiger partial charge in [0.1, 0.15) is 0 Å². The molecule has 0 radical (unpaired) electrons. The first-order valence-electron chi connectivity index (χ1n) is 4.86. The van der Waals surface area contributed by atoms with Crippen molar-refractivity contribution in [2.24, 2.45) is 0 Å². The lowest BCUT2D eigenvalue weighted by molar-refractivity contribution is 0.0956. The molecule has 1 aromatic heterocycles. The van der Waals surface area contributed by atoms with E-state index in [1.54, 1.807) is 30.6 Å². The Morgan fingerprint density at radius 3 is 2.75 bits per heavy atom. The summed E-state index contributed by atoms with van der Waals surface area (Å²) in [5.41, 5.74) is 2.13. The first-order chi connectivity index (χ1) is 7.81. The minimum atomic E-state index is -0.0907. The van der Waals surface area contributed by atoms with E-state index < -0.39 is 0 Å². The summed E-state index contributed by atoms with van der Waals surface area (Å²) in [4.78, 5) is 20.0. The van der Waals surface area contributed by atoms with Crippen molar-refractivity contribution >= 4 is 32.9 Å². The highest BCUT2D eigenvalue weighted by atomic mass is 79.9. The van der Waals surface area contributed by atoms with Crippen LogP contribution < -0.4 is 5.32 Å². The quantitative estimate of drug-likeness (QED) is 0.871. The molecule has 1 aromatic carbocycles. The number of carbonyl (C=O) groups is 1. The first kappa shape index (κ1) is 11.0. The third kappa shape index (κ3) is 2.36. The van der Waals surface area contributed by atoms with Crippen LogP contribution >= 0.6 is 15.9 Å². The van der Waals surface area contributed by atoms with Crippen LogP contribution in [0.5, 0.6) is 0 Å². The number of amides is 1. The number of hydrogen-bond donors (Lipinski definition) is 1. The zero-order valence-electron chi connectivity index (χ0n) is 8.48. The predicted octanol–water partition coefficient (Wildman–Crippen LogP) is 1.75. The van der Waals surface area contributed by atoms with E-state index in [0.717, 1.165) is 16.4 Å². The third-order valence-electron chi connectivity index (χ3n) is 2.11. The molecule has 82 valence electrons. The topological polar surface area (TPSA) is 54.9 Å². The van der Waals surface area contributed by atoms with E-state index in [2.05, 4.69) is 31.2 Å². The van der Waals surface area contributed by atoms with Crippen molar-refractivity contribution in [1.29, 1.82) is 0 Å². The van der Waals surface area contributed by atoms with Gasteiger partial charge in [0.25, 0.3) is 5.91 Å². The van der Waals surface area contributed by atoms with E-state index in [1.165, 1.54) is 0 Å². The molecule has 0 saturated heterocycles. The summed E-state index contributed by atoms with van der Waals surface area (Å²) in [6, 6.07) is 5.29. The minimum Gasteiger partial charge on any atom is -0.351 e. The average Bonchev–Trinajstić information content (AvgIpc) is 2.35. The Morgan fingerprint density at radius 1 is 1.25 bits per heavy atom. The summed E-state index contributed by atoms with van der Waals surface area (Å²) < 4.78 is 0. The van der Waals surface area contributed by atoms with Crippen LogP contribution in [0.1, 0.15) is 10.4 Å². The SMILES string of the molecule is O=C(NCCBr)c1ccc2nccnc2c1. The normalized spacial score (nSPS) is 10.3. The van der Waals surface area contributed by atoms with E-state index in [-0.39, 0.29) is 5.91 Å². The molecular formula is C11H10BrN3O. The van der Waals surface area contributed by atoms with Gasteiger partial charge in [0.05, 0.1) is 11.0 Å². The highest BCUT2D eigenvalue weighted by Gasteiger charge is 2.05. The van der Waals surface area contributed by atoms with Gasteiger partial charge in [0.2, 0.25) is 0 Å². The number of rotatable bonds is 3. The lowest BCUT2D eigenvalue weighted by atomic mass is 10.2. The molecule has 2 aromatic rings. The van der Waals surface area contributed by atoms with Gasteiger partial charge >= 0.3 is 0 Å². The Bertz CT molecular complexity index is 515. The van der Waals surface area contributed by atoms with Crippen molar-refractivity contribution < 1.29 is 4.79 Å². The van der Waals surface area contributed by atoms with Crippen molar-refractivity contribution in [3.8, 4) is 0 Å². The summed E-state index contributed by atoms with van der Waals surface area (Å²) in [6.07, 6.45) is 3.25. The van der Waals surface area contributed by atoms with Crippen LogP contribution in [0.2, 0.25) is 0 Å². The van der Waals surface area contributed by atoms with E-state index in [0.29, 0.717) is 12.1 Å². The van der Waals surface area contributed by atoms with Crippen molar-refractivity contribution in [3.05, 3.63) is 36.2 Å². The van der Waals surface area contributed by atoms with E-state index in [1.807, 2.05) is 0 Å². The molecule has 5 heteroatoms. The molecule has 0 aliphatic heterocycles. The molecule has 0 bridgehead atoms. The maximum atomic E-state index is 11.7. The number of carbonyl (C=O) groups excluding carboxylic acids is 1. The van der Waals surface area contributed by atoms with E-state index in [4.69, 9.17) is 0 Å². The fourth-order valence-electron chi connectivity index (χ4n) is 1.37. The molecule has 1 heterocycles. The van der Waals surface area contributed by atoms with Gasteiger partial charge in [-0.2, -0.15) is 0 Å². The van der Waals surface area contributed by atoms with Crippen LogP contribution in [0.4, 0.5) is 0 Å². The standard InChI is InChI=1S/C11H10BrN3O/c12-3-4-15-11(16)8-1-2-9-10(7-8)14-6-5-13-9/h1-2,5-7H,3-4H2,(H,15,16). The second-order valence-corrected chi connectivity index (χ2v) is 4.00. The van der Waals surface area contributed by atoms with Crippen LogP contribution in [0.15, 0.2) is 30.6 Å². The highest BCUT2D eigenvalue weighted by molar-refractivity contribution is 9.09. The van der Waals surface area contributed by atoms with E-state index in [9.17, 15) is 4.79 Å². The Kier molecular flexibility index (Phi) is 3.46. The number of nitrogens with zero attached hydrogens (tertiary/aromatic N) is 2. The Morgan fingerprint density at radius 2 is 2.00 bits per heavy atom. The van der Waals surface area contributed by atoms with Gasteiger partial charge in [-0.05, 0) is 18.2 Å². The summed E-state index contributed by atoms with van der Waals surface area (Å²) in [6.45, 7) is 0.608. The van der Waals surface area contributed by atoms with Crippen LogP contribution in [-0.2, 0) is 0 Å². The minimum absolute atomic E-state index is 0.0907. The molecule has 2 rings (SSSR count). The lowest BCUT2D eigenvalue weighted by Gasteiger charge is -2.03. The highest BCUT2D eigenvalue weighted by Crippen LogP contribution is 2.10. The first-order valence-corrected chi connectivity index (χ1v) is 5.98. The molecule has 1 amide bonds. The fraction of sp³-hybridized carbons (Fsp3) is 0.182. The monoisotopic (exact) mass is 279 g/mol. The molecule has 0 fully saturated rings. The van der Waals surface area contributed by atoms with Gasteiger partial charge in [0, 0.05) is 29.8 Å². The molecule has 0 unspecified atom stereocenters. The Labute approximate surface area is 101 Å². The van der Waals surface area contributed by atoms with E-state index >= 15 is 0 Å². The van der Waals surface area contributed by atoms with Crippen molar-refractivity contribution in [1.82, 2.24) is 15.3 Å². The van der Waals surface area contributed by atoms with Crippen LogP contribution in [0.3, 0.4) is 0 Å². The maximum absolute atomic E-state index is 11.7. The number of nitrogens with one attached hydrogen (secondary N) is 1. The molecule has 0 spiro atoms. The van der Waals surface area contributed by atoms with Crippen molar-refractivity contribution in [3.63, 3.8) is 0 Å². The molecule has 4 nitrogen and oxygen atoms in total. The summed E-state index contributed by atoms with van der Waals surface area (Å²) >= 11 is 3.25. The summed E-state index contributed by atoms with van der Waals surface area (Å²) in [5.74, 6) is -0.0907. The van der Waals surface area contributed by atoms with Gasteiger partial charge in [-0.3, -0.25) is 14.8 Å². The zero-order valence-corrected chi connectivity index (χ0v) is 10.1. The van der Waals surface area contributed by atoms with Gasteiger partial charge in [0.15, 0.2) is 0 Å². The fourth-order valence-corrected chi connectivity index (χ4v) is 1.57. The molecule has 0 aliphatic carbocycles. The smallest absolute Gasteiger partial charge is 0.251 e. The van der Waals surface area contributed by atoms with Crippen molar-refractivity contribution in [2.75, 3.05) is 11.9 Å². The lowest BCUT2D eigenvalue weighted by Crippen LogP contribution is -2.25. The predicted molar refractivity (Wildman–Crippen MR) is 65.7 cm³/mol. The maximum Gasteiger partial charge on any atom is 0.251 e. The van der Waals surface area contributed by atoms with Gasteiger partial charge in [-0.15, -0.1) is 0 Å². The van der Waals surface area contributed by atoms with Gasteiger partial charge in [-0.25, -0.2) is 0 Å². The van der Waals surface area contributed by atoms with Crippen molar-refractivity contribution in [2.45, 2.75) is 0 Å². The molecule has 0 atom stereocenters. The average molecular weight is 280 g/mol. The molecular weight excluding hydrogens is 270 g/mol. The molecule has 0 aliphatic rings. The number of alkyl halides is 1. The molecule has 0 saturated carbocycles. The van der Waals surface area contributed by atoms with Crippen LogP contribution in [0, 0.1) is 0 Å². The van der Waals surface area contributed by atoms with Gasteiger partial charge < -0.3 is 5.32 Å². The second-order valence-electron chi connectivity index (χ2n) is 3.20. The molecule has 16 heavy (non-hydrogen) atoms. The number of aromatic nitrogens is 2. The number of benzene rings is 1. The summed E-state index contributed by atoms with van der Waals surface area (Å²) in [7, 11) is 0. The van der Waals surface area contributed by atoms with Crippen LogP contribution in [0.25, 0.3) is 11.0 Å². The van der Waals surface area contributed by atoms with Crippen LogP contribution in [-0.4, -0.2) is 27.7 Å². The Hall–Kier alpha value is -1.49. The second kappa shape index (κ2) is 5.03. The Balaban J connectivity index is 2.28. The summed E-state index contributed by atoms with van der Waals surface area (Å²) in [5, 5.41) is 3.52. The number of halogens is 1. The molecule has 1 N–H and O–H groups in total. The number of fused-ring (bicyclic) bond motifs is 1. The largest absolute Gasteiger partial charge is 0.351 e. The zero-order chi connectivity index (χ0) is 11.4. The van der Waals surface area contributed by atoms with Gasteiger partial charge in [-0.1, -0.05) is 15.9 Å². The number of hydrogen-bond acceptors (Lipinski definition) is 3.